The van der Waals surface area contributed by atoms with E-state index in [9.17, 15) is 13.2 Å². The average Bonchev–Trinajstić information content (AvgIpc) is 3.47. The molecule has 6 rings (SSSR count). The summed E-state index contributed by atoms with van der Waals surface area (Å²) in [7, 11) is 4.57. The Hall–Kier alpha value is -5.24. The molecule has 0 radical (unpaired) electrons. The summed E-state index contributed by atoms with van der Waals surface area (Å²) in [5.74, 6) is 1.99. The molecule has 1 aliphatic heterocycles. The highest BCUT2D eigenvalue weighted by Crippen LogP contribution is 2.40. The highest BCUT2D eigenvalue weighted by molar-refractivity contribution is 5.87. The van der Waals surface area contributed by atoms with E-state index < -0.39 is 11.7 Å². The van der Waals surface area contributed by atoms with Gasteiger partial charge in [0.15, 0.2) is 28.5 Å². The zero-order valence-corrected chi connectivity index (χ0v) is 25.4. The maximum Gasteiger partial charge on any atom is 0.416 e. The number of halogens is 3. The van der Waals surface area contributed by atoms with Crippen LogP contribution in [0.25, 0.3) is 11.2 Å². The van der Waals surface area contributed by atoms with Gasteiger partial charge in [-0.05, 0) is 42.0 Å². The normalized spacial score (nSPS) is 13.5. The molecule has 0 amide bonds. The number of alkyl halides is 3. The Morgan fingerprint density at radius 1 is 0.826 bits per heavy atom. The van der Waals surface area contributed by atoms with Crippen LogP contribution in [0.15, 0.2) is 67.0 Å². The van der Waals surface area contributed by atoms with Crippen molar-refractivity contribution in [3.05, 3.63) is 78.1 Å². The number of fused-ring (bicyclic) bond motifs is 1. The fraction of sp³-hybridized carbons (Fsp3) is 0.281. The van der Waals surface area contributed by atoms with E-state index in [-0.39, 0.29) is 12.5 Å². The molecule has 14 heteroatoms. The molecule has 2 N–H and O–H groups in total. The van der Waals surface area contributed by atoms with Gasteiger partial charge in [-0.25, -0.2) is 4.98 Å². The monoisotopic (exact) mass is 635 g/mol. The SMILES string of the molecule is COc1cc(Nc2nc(Nc3ccc(N4CCOCC4)cc3)c3ncn(Cc4ccc(C(F)(F)F)cc4)c3n2)cc(OC)c1OC. The van der Waals surface area contributed by atoms with Gasteiger partial charge in [-0.3, -0.25) is 0 Å². The first-order chi connectivity index (χ1) is 22.2. The molecule has 1 fully saturated rings. The minimum atomic E-state index is -4.41. The number of hydrogen-bond donors (Lipinski definition) is 2. The molecule has 11 nitrogen and oxygen atoms in total. The Morgan fingerprint density at radius 2 is 1.50 bits per heavy atom. The van der Waals surface area contributed by atoms with E-state index in [1.807, 2.05) is 24.3 Å². The molecule has 240 valence electrons. The first-order valence-corrected chi connectivity index (χ1v) is 14.4. The fourth-order valence-electron chi connectivity index (χ4n) is 5.20. The first kappa shape index (κ1) is 30.8. The van der Waals surface area contributed by atoms with Gasteiger partial charge in [0.25, 0.3) is 0 Å². The number of rotatable bonds is 10. The van der Waals surface area contributed by atoms with Gasteiger partial charge in [-0.15, -0.1) is 0 Å². The Morgan fingerprint density at radius 3 is 2.11 bits per heavy atom. The molecule has 0 spiro atoms. The van der Waals surface area contributed by atoms with E-state index in [1.54, 1.807) is 23.0 Å². The third-order valence-electron chi connectivity index (χ3n) is 7.53. The van der Waals surface area contributed by atoms with Gasteiger partial charge in [0.05, 0.1) is 53.0 Å². The molecule has 0 atom stereocenters. The summed E-state index contributed by atoms with van der Waals surface area (Å²) in [6, 6.07) is 16.5. The van der Waals surface area contributed by atoms with Gasteiger partial charge in [0.2, 0.25) is 11.7 Å². The Balaban J connectivity index is 1.36. The average molecular weight is 636 g/mol. The van der Waals surface area contributed by atoms with Crippen LogP contribution in [0.1, 0.15) is 11.1 Å². The van der Waals surface area contributed by atoms with Crippen LogP contribution >= 0.6 is 0 Å². The van der Waals surface area contributed by atoms with Crippen LogP contribution in [0.5, 0.6) is 17.2 Å². The zero-order valence-electron chi connectivity index (χ0n) is 25.4. The summed E-state index contributed by atoms with van der Waals surface area (Å²) in [5.41, 5.74) is 3.34. The summed E-state index contributed by atoms with van der Waals surface area (Å²) in [4.78, 5) is 16.3. The van der Waals surface area contributed by atoms with Crippen LogP contribution in [-0.4, -0.2) is 67.2 Å². The number of morpholine rings is 1. The van der Waals surface area contributed by atoms with Gasteiger partial charge in [-0.2, -0.15) is 23.1 Å². The lowest BCUT2D eigenvalue weighted by Gasteiger charge is -2.28. The van der Waals surface area contributed by atoms with Crippen molar-refractivity contribution in [3.8, 4) is 17.2 Å². The van der Waals surface area contributed by atoms with Crippen LogP contribution < -0.4 is 29.7 Å². The van der Waals surface area contributed by atoms with Gasteiger partial charge in [0.1, 0.15) is 0 Å². The van der Waals surface area contributed by atoms with Crippen LogP contribution in [0.3, 0.4) is 0 Å². The molecular weight excluding hydrogens is 603 g/mol. The van der Waals surface area contributed by atoms with Crippen molar-refractivity contribution in [2.75, 3.05) is 63.2 Å². The van der Waals surface area contributed by atoms with Crippen molar-refractivity contribution in [3.63, 3.8) is 0 Å². The standard InChI is InChI=1S/C32H32F3N7O4/c1-43-25-16-23(17-26(44-2)28(25)45-3)38-31-39-29(37-22-8-10-24(11-9-22)41-12-14-46-15-13-41)27-30(40-31)42(19-36-27)18-20-4-6-21(7-5-20)32(33,34)35/h4-11,16-17,19H,12-15,18H2,1-3H3,(H2,37,38,39,40). The Kier molecular flexibility index (Phi) is 8.70. The van der Waals surface area contributed by atoms with E-state index in [2.05, 4.69) is 20.5 Å². The molecule has 0 bridgehead atoms. The highest BCUT2D eigenvalue weighted by atomic mass is 19.4. The topological polar surface area (TPSA) is 108 Å². The van der Waals surface area contributed by atoms with E-state index in [0.29, 0.717) is 58.7 Å². The third kappa shape index (κ3) is 6.56. The quantitative estimate of drug-likeness (QED) is 0.183. The van der Waals surface area contributed by atoms with Crippen molar-refractivity contribution in [1.29, 1.82) is 0 Å². The number of anilines is 5. The number of hydrogen-bond acceptors (Lipinski definition) is 10. The largest absolute Gasteiger partial charge is 0.493 e. The van der Waals surface area contributed by atoms with E-state index in [0.717, 1.165) is 36.6 Å². The Labute approximate surface area is 262 Å². The molecule has 1 aliphatic rings. The minimum Gasteiger partial charge on any atom is -0.493 e. The molecule has 0 saturated carbocycles. The van der Waals surface area contributed by atoms with Crippen molar-refractivity contribution >= 4 is 40.0 Å². The molecule has 5 aromatic rings. The van der Waals surface area contributed by atoms with Crippen LogP contribution in [0, 0.1) is 0 Å². The lowest BCUT2D eigenvalue weighted by molar-refractivity contribution is -0.137. The summed E-state index contributed by atoms with van der Waals surface area (Å²) in [5, 5.41) is 6.58. The number of benzene rings is 3. The fourth-order valence-corrected chi connectivity index (χ4v) is 5.20. The van der Waals surface area contributed by atoms with Crippen molar-refractivity contribution < 1.29 is 32.1 Å². The highest BCUT2D eigenvalue weighted by Gasteiger charge is 2.30. The van der Waals surface area contributed by atoms with Crippen molar-refractivity contribution in [2.24, 2.45) is 0 Å². The zero-order chi connectivity index (χ0) is 32.3. The second-order valence-electron chi connectivity index (χ2n) is 10.4. The molecule has 3 heterocycles. The van der Waals surface area contributed by atoms with Gasteiger partial charge in [0, 0.05) is 42.3 Å². The molecule has 46 heavy (non-hydrogen) atoms. The van der Waals surface area contributed by atoms with E-state index in [1.165, 1.54) is 33.5 Å². The second kappa shape index (κ2) is 13.0. The number of aromatic nitrogens is 4. The number of methoxy groups -OCH3 is 3. The lowest BCUT2D eigenvalue weighted by atomic mass is 10.1. The van der Waals surface area contributed by atoms with Crippen LogP contribution in [0.2, 0.25) is 0 Å². The summed E-state index contributed by atoms with van der Waals surface area (Å²) in [6.07, 6.45) is -2.82. The molecule has 3 aromatic carbocycles. The van der Waals surface area contributed by atoms with Crippen LogP contribution in [0.4, 0.5) is 42.0 Å². The number of imidazole rings is 1. The minimum absolute atomic E-state index is 0.239. The Bertz CT molecular complexity index is 1780. The first-order valence-electron chi connectivity index (χ1n) is 14.4. The van der Waals surface area contributed by atoms with Gasteiger partial charge < -0.3 is 39.0 Å². The second-order valence-corrected chi connectivity index (χ2v) is 10.4. The third-order valence-corrected chi connectivity index (χ3v) is 7.53. The molecule has 2 aromatic heterocycles. The summed E-state index contributed by atoms with van der Waals surface area (Å²) < 4.78 is 63.0. The van der Waals surface area contributed by atoms with E-state index >= 15 is 0 Å². The van der Waals surface area contributed by atoms with Gasteiger partial charge >= 0.3 is 6.18 Å². The van der Waals surface area contributed by atoms with Crippen LogP contribution in [-0.2, 0) is 17.5 Å². The predicted molar refractivity (Wildman–Crippen MR) is 168 cm³/mol. The predicted octanol–water partition coefficient (Wildman–Crippen LogP) is 6.24. The molecule has 1 saturated heterocycles. The number of ether oxygens (including phenoxy) is 4. The van der Waals surface area contributed by atoms with Gasteiger partial charge in [-0.1, -0.05) is 12.1 Å². The van der Waals surface area contributed by atoms with Crippen molar-refractivity contribution in [2.45, 2.75) is 12.7 Å². The maximum absolute atomic E-state index is 13.1. The van der Waals surface area contributed by atoms with Crippen molar-refractivity contribution in [1.82, 2.24) is 19.5 Å². The number of nitrogens with one attached hydrogen (secondary N) is 2. The lowest BCUT2D eigenvalue weighted by Crippen LogP contribution is -2.36. The molecular formula is C32H32F3N7O4. The number of nitrogens with zero attached hydrogens (tertiary/aromatic N) is 5. The summed E-state index contributed by atoms with van der Waals surface area (Å²) >= 11 is 0. The molecule has 0 aliphatic carbocycles. The summed E-state index contributed by atoms with van der Waals surface area (Å²) in [6.45, 7) is 3.27. The smallest absolute Gasteiger partial charge is 0.416 e. The maximum atomic E-state index is 13.1. The van der Waals surface area contributed by atoms with E-state index in [4.69, 9.17) is 28.9 Å². The molecule has 0 unspecified atom stereocenters.